The normalized spacial score (nSPS) is 24.6. The molecule has 0 aliphatic heterocycles. The highest BCUT2D eigenvalue weighted by molar-refractivity contribution is 5.88. The van der Waals surface area contributed by atoms with Gasteiger partial charge in [0, 0.05) is 18.4 Å². The van der Waals surface area contributed by atoms with Gasteiger partial charge in [-0.2, -0.15) is 0 Å². The maximum atomic E-state index is 12.6. The SMILES string of the molecule is CCOC1CC(N)(C(=O)NCC(C)Oc2ccc(OC)cc2)C1(C)C.Cl. The van der Waals surface area contributed by atoms with Crippen molar-refractivity contribution in [3.63, 3.8) is 0 Å². The van der Waals surface area contributed by atoms with Crippen LogP contribution in [0.25, 0.3) is 0 Å². The van der Waals surface area contributed by atoms with E-state index in [0.29, 0.717) is 19.6 Å². The van der Waals surface area contributed by atoms with E-state index >= 15 is 0 Å². The second-order valence-corrected chi connectivity index (χ2v) is 7.16. The quantitative estimate of drug-likeness (QED) is 0.717. The largest absolute Gasteiger partial charge is 0.497 e. The highest BCUT2D eigenvalue weighted by Gasteiger charge is 2.62. The van der Waals surface area contributed by atoms with E-state index in [1.54, 1.807) is 7.11 Å². The molecule has 0 aromatic heterocycles. The lowest BCUT2D eigenvalue weighted by Crippen LogP contribution is -2.76. The third-order valence-corrected chi connectivity index (χ3v) is 5.18. The summed E-state index contributed by atoms with van der Waals surface area (Å²) in [5, 5.41) is 2.92. The summed E-state index contributed by atoms with van der Waals surface area (Å²) in [6, 6.07) is 7.34. The zero-order chi connectivity index (χ0) is 18.7. The highest BCUT2D eigenvalue weighted by atomic mass is 35.5. The average Bonchev–Trinajstić information content (AvgIpc) is 2.59. The van der Waals surface area contributed by atoms with Gasteiger partial charge >= 0.3 is 0 Å². The Hall–Kier alpha value is -1.50. The van der Waals surface area contributed by atoms with E-state index in [1.165, 1.54) is 0 Å². The summed E-state index contributed by atoms with van der Waals surface area (Å²) in [7, 11) is 1.62. The Morgan fingerprint density at radius 1 is 1.31 bits per heavy atom. The first-order chi connectivity index (χ1) is 11.7. The van der Waals surface area contributed by atoms with Gasteiger partial charge in [0.2, 0.25) is 5.91 Å². The number of amides is 1. The summed E-state index contributed by atoms with van der Waals surface area (Å²) >= 11 is 0. The van der Waals surface area contributed by atoms with Gasteiger partial charge in [-0.05, 0) is 38.1 Å². The Bertz CT molecular complexity index is 594. The third-order valence-electron chi connectivity index (χ3n) is 5.18. The van der Waals surface area contributed by atoms with Crippen LogP contribution in [0.3, 0.4) is 0 Å². The molecule has 1 aliphatic carbocycles. The number of halogens is 1. The molecule has 0 radical (unpaired) electrons. The molecule has 2 rings (SSSR count). The van der Waals surface area contributed by atoms with Gasteiger partial charge in [-0.3, -0.25) is 4.79 Å². The van der Waals surface area contributed by atoms with Crippen LogP contribution in [0.15, 0.2) is 24.3 Å². The Morgan fingerprint density at radius 2 is 1.88 bits per heavy atom. The number of benzene rings is 1. The van der Waals surface area contributed by atoms with Crippen molar-refractivity contribution in [1.82, 2.24) is 5.32 Å². The van der Waals surface area contributed by atoms with Crippen molar-refractivity contribution in [3.05, 3.63) is 24.3 Å². The summed E-state index contributed by atoms with van der Waals surface area (Å²) < 4.78 is 16.6. The monoisotopic (exact) mass is 386 g/mol. The fraction of sp³-hybridized carbons (Fsp3) is 0.632. The molecule has 1 fully saturated rings. The molecule has 0 saturated heterocycles. The lowest BCUT2D eigenvalue weighted by Gasteiger charge is -2.57. The van der Waals surface area contributed by atoms with Crippen LogP contribution in [0.5, 0.6) is 11.5 Å². The minimum absolute atomic E-state index is 0. The van der Waals surface area contributed by atoms with E-state index < -0.39 is 11.0 Å². The van der Waals surface area contributed by atoms with E-state index in [2.05, 4.69) is 5.32 Å². The molecule has 3 atom stereocenters. The van der Waals surface area contributed by atoms with E-state index in [9.17, 15) is 4.79 Å². The van der Waals surface area contributed by atoms with Crippen molar-refractivity contribution in [1.29, 1.82) is 0 Å². The molecule has 0 heterocycles. The fourth-order valence-electron chi connectivity index (χ4n) is 3.14. The average molecular weight is 387 g/mol. The first-order valence-electron chi connectivity index (χ1n) is 8.74. The second kappa shape index (κ2) is 8.93. The Morgan fingerprint density at radius 3 is 2.38 bits per heavy atom. The van der Waals surface area contributed by atoms with Crippen LogP contribution in [-0.4, -0.2) is 43.9 Å². The van der Waals surface area contributed by atoms with Crippen molar-refractivity contribution < 1.29 is 19.0 Å². The third kappa shape index (κ3) is 4.42. The van der Waals surface area contributed by atoms with Gasteiger partial charge in [-0.1, -0.05) is 13.8 Å². The molecule has 6 nitrogen and oxygen atoms in total. The van der Waals surface area contributed by atoms with Gasteiger partial charge in [0.1, 0.15) is 23.1 Å². The van der Waals surface area contributed by atoms with E-state index in [4.69, 9.17) is 19.9 Å². The zero-order valence-corrected chi connectivity index (χ0v) is 17.0. The van der Waals surface area contributed by atoms with Crippen molar-refractivity contribution in [3.8, 4) is 11.5 Å². The van der Waals surface area contributed by atoms with Crippen LogP contribution in [0.4, 0.5) is 0 Å². The number of hydrogen-bond donors (Lipinski definition) is 2. The molecule has 0 bridgehead atoms. The molecule has 1 aromatic carbocycles. The summed E-state index contributed by atoms with van der Waals surface area (Å²) in [6.07, 6.45) is 0.376. The highest BCUT2D eigenvalue weighted by Crippen LogP contribution is 2.49. The van der Waals surface area contributed by atoms with E-state index in [0.717, 1.165) is 11.5 Å². The number of nitrogens with two attached hydrogens (primary N) is 1. The first kappa shape index (κ1) is 22.5. The van der Waals surface area contributed by atoms with Crippen LogP contribution in [-0.2, 0) is 9.53 Å². The van der Waals surface area contributed by atoms with E-state index in [-0.39, 0.29) is 30.5 Å². The molecule has 1 aromatic rings. The molecule has 1 amide bonds. The predicted molar refractivity (Wildman–Crippen MR) is 104 cm³/mol. The molecular formula is C19H31ClN2O4. The number of nitrogens with one attached hydrogen (secondary N) is 1. The minimum atomic E-state index is -0.910. The molecule has 148 valence electrons. The maximum absolute atomic E-state index is 12.6. The van der Waals surface area contributed by atoms with Crippen LogP contribution in [0, 0.1) is 5.41 Å². The predicted octanol–water partition coefficient (Wildman–Crippen LogP) is 2.53. The van der Waals surface area contributed by atoms with E-state index in [1.807, 2.05) is 52.0 Å². The standard InChI is InChI=1S/C19H30N2O4.ClH/c1-6-24-16-11-19(20,18(16,3)4)17(22)21-12-13(2)25-15-9-7-14(23-5)8-10-15;/h7-10,13,16H,6,11-12,20H2,1-5H3,(H,21,22);1H. The van der Waals surface area contributed by atoms with Crippen molar-refractivity contribution >= 4 is 18.3 Å². The van der Waals surface area contributed by atoms with Crippen molar-refractivity contribution in [2.24, 2.45) is 11.1 Å². The van der Waals surface area contributed by atoms with Gasteiger partial charge in [0.05, 0.1) is 19.8 Å². The fourth-order valence-corrected chi connectivity index (χ4v) is 3.14. The van der Waals surface area contributed by atoms with Crippen LogP contribution in [0.1, 0.15) is 34.1 Å². The Labute approximate surface area is 162 Å². The maximum Gasteiger partial charge on any atom is 0.240 e. The summed E-state index contributed by atoms with van der Waals surface area (Å²) in [6.45, 7) is 8.83. The number of carbonyl (C=O) groups is 1. The van der Waals surface area contributed by atoms with Crippen LogP contribution < -0.4 is 20.5 Å². The number of ether oxygens (including phenoxy) is 3. The van der Waals surface area contributed by atoms with Crippen molar-refractivity contribution in [2.45, 2.75) is 51.9 Å². The van der Waals surface area contributed by atoms with Crippen LogP contribution in [0.2, 0.25) is 0 Å². The number of methoxy groups -OCH3 is 1. The smallest absolute Gasteiger partial charge is 0.240 e. The topological polar surface area (TPSA) is 82.8 Å². The van der Waals surface area contributed by atoms with Gasteiger partial charge in [-0.15, -0.1) is 12.4 Å². The first-order valence-corrected chi connectivity index (χ1v) is 8.74. The molecule has 1 saturated carbocycles. The molecule has 26 heavy (non-hydrogen) atoms. The molecule has 1 aliphatic rings. The number of carbonyl (C=O) groups excluding carboxylic acids is 1. The van der Waals surface area contributed by atoms with Gasteiger partial charge < -0.3 is 25.3 Å². The Balaban J connectivity index is 0.00000338. The van der Waals surface area contributed by atoms with Gasteiger partial charge in [-0.25, -0.2) is 0 Å². The molecule has 3 N–H and O–H groups in total. The zero-order valence-electron chi connectivity index (χ0n) is 16.2. The number of rotatable bonds is 8. The summed E-state index contributed by atoms with van der Waals surface area (Å²) in [4.78, 5) is 12.6. The second-order valence-electron chi connectivity index (χ2n) is 7.16. The summed E-state index contributed by atoms with van der Waals surface area (Å²) in [5.74, 6) is 1.35. The van der Waals surface area contributed by atoms with Gasteiger partial charge in [0.25, 0.3) is 0 Å². The lowest BCUT2D eigenvalue weighted by atomic mass is 9.54. The van der Waals surface area contributed by atoms with Crippen LogP contribution >= 0.6 is 12.4 Å². The lowest BCUT2D eigenvalue weighted by molar-refractivity contribution is -0.170. The van der Waals surface area contributed by atoms with Crippen molar-refractivity contribution in [2.75, 3.05) is 20.3 Å². The molecule has 7 heteroatoms. The molecule has 0 spiro atoms. The number of hydrogen-bond acceptors (Lipinski definition) is 5. The summed E-state index contributed by atoms with van der Waals surface area (Å²) in [5.41, 5.74) is 5.06. The minimum Gasteiger partial charge on any atom is -0.497 e. The Kier molecular flexibility index (Phi) is 7.74. The van der Waals surface area contributed by atoms with Gasteiger partial charge in [0.15, 0.2) is 0 Å². The molecular weight excluding hydrogens is 356 g/mol. The molecule has 3 unspecified atom stereocenters.